The number of halogens is 2. The summed E-state index contributed by atoms with van der Waals surface area (Å²) in [4.78, 5) is 4.60. The predicted octanol–water partition coefficient (Wildman–Crippen LogP) is 3.54. The first-order valence-corrected chi connectivity index (χ1v) is 7.82. The van der Waals surface area contributed by atoms with Crippen LogP contribution in [-0.4, -0.2) is 23.1 Å². The Balaban J connectivity index is 1.63. The van der Waals surface area contributed by atoms with E-state index in [-0.39, 0.29) is 11.5 Å². The average Bonchev–Trinajstić information content (AvgIpc) is 3.00. The summed E-state index contributed by atoms with van der Waals surface area (Å²) >= 11 is 0. The summed E-state index contributed by atoms with van der Waals surface area (Å²) in [6.45, 7) is 0.294. The molecule has 25 heavy (non-hydrogen) atoms. The van der Waals surface area contributed by atoms with Crippen LogP contribution in [0.15, 0.2) is 42.7 Å². The maximum absolute atomic E-state index is 12.3. The van der Waals surface area contributed by atoms with Gasteiger partial charge in [-0.15, -0.1) is 0 Å². The monoisotopic (exact) mass is 347 g/mol. The number of fused-ring (bicyclic) bond motifs is 1. The number of benzene rings is 1. The second kappa shape index (κ2) is 7.48. The van der Waals surface area contributed by atoms with E-state index in [1.165, 1.54) is 13.2 Å². The van der Waals surface area contributed by atoms with Crippen LogP contribution < -0.4 is 14.8 Å². The Kier molecular flexibility index (Phi) is 5.14. The van der Waals surface area contributed by atoms with Gasteiger partial charge in [0, 0.05) is 25.5 Å². The van der Waals surface area contributed by atoms with Crippen molar-refractivity contribution in [2.75, 3.05) is 7.11 Å². The average molecular weight is 347 g/mol. The van der Waals surface area contributed by atoms with Gasteiger partial charge in [-0.2, -0.15) is 8.78 Å². The number of aromatic nitrogens is 2. The van der Waals surface area contributed by atoms with Crippen molar-refractivity contribution in [3.63, 3.8) is 0 Å². The molecule has 0 spiro atoms. The zero-order valence-corrected chi connectivity index (χ0v) is 14.0. The first-order chi connectivity index (χ1) is 12.1. The number of imidazole rings is 1. The molecular weight excluding hydrogens is 328 g/mol. The summed E-state index contributed by atoms with van der Waals surface area (Å²) in [5.74, 6) is 0.306. The van der Waals surface area contributed by atoms with E-state index in [1.807, 2.05) is 35.9 Å². The van der Waals surface area contributed by atoms with Crippen molar-refractivity contribution in [3.8, 4) is 11.5 Å². The maximum Gasteiger partial charge on any atom is 0.387 e. The van der Waals surface area contributed by atoms with Crippen LogP contribution in [0.25, 0.3) is 5.65 Å². The van der Waals surface area contributed by atoms with Crippen LogP contribution in [0.4, 0.5) is 8.78 Å². The van der Waals surface area contributed by atoms with Gasteiger partial charge in [-0.25, -0.2) is 4.98 Å². The number of rotatable bonds is 7. The molecule has 2 aromatic heterocycles. The molecule has 0 unspecified atom stereocenters. The number of aryl methyl sites for hydroxylation is 1. The van der Waals surface area contributed by atoms with Crippen molar-refractivity contribution < 1.29 is 18.3 Å². The normalized spacial score (nSPS) is 11.2. The molecule has 0 aliphatic rings. The van der Waals surface area contributed by atoms with Crippen LogP contribution in [0.5, 0.6) is 11.5 Å². The van der Waals surface area contributed by atoms with E-state index in [1.54, 1.807) is 12.1 Å². The Morgan fingerprint density at radius 3 is 2.76 bits per heavy atom. The molecule has 0 bridgehead atoms. The van der Waals surface area contributed by atoms with Gasteiger partial charge in [0.2, 0.25) is 0 Å². The minimum atomic E-state index is -2.88. The molecule has 0 fully saturated rings. The summed E-state index contributed by atoms with van der Waals surface area (Å²) in [5.41, 5.74) is 3.89. The number of alkyl halides is 2. The summed E-state index contributed by atoms with van der Waals surface area (Å²) in [7, 11) is 1.42. The Hall–Kier alpha value is -2.67. The largest absolute Gasteiger partial charge is 0.493 e. The van der Waals surface area contributed by atoms with Crippen LogP contribution in [0, 0.1) is 6.92 Å². The lowest BCUT2D eigenvalue weighted by molar-refractivity contribution is -0.0512. The van der Waals surface area contributed by atoms with E-state index in [4.69, 9.17) is 4.74 Å². The number of ether oxygens (including phenoxy) is 2. The molecule has 0 saturated carbocycles. The molecule has 0 saturated heterocycles. The fourth-order valence-electron chi connectivity index (χ4n) is 2.64. The fourth-order valence-corrected chi connectivity index (χ4v) is 2.64. The third-order valence-corrected chi connectivity index (χ3v) is 3.81. The second-order valence-corrected chi connectivity index (χ2v) is 5.62. The Morgan fingerprint density at radius 1 is 1.20 bits per heavy atom. The van der Waals surface area contributed by atoms with E-state index < -0.39 is 6.61 Å². The first kappa shape index (κ1) is 17.2. The molecular formula is C18H19F2N3O2. The Labute approximate surface area is 144 Å². The number of methoxy groups -OCH3 is 1. The van der Waals surface area contributed by atoms with Gasteiger partial charge in [0.1, 0.15) is 5.65 Å². The molecule has 0 radical (unpaired) electrons. The van der Waals surface area contributed by atoms with Gasteiger partial charge >= 0.3 is 6.61 Å². The minimum absolute atomic E-state index is 0.0251. The number of nitrogens with one attached hydrogen (secondary N) is 1. The highest BCUT2D eigenvalue weighted by Gasteiger charge is 2.11. The number of pyridine rings is 1. The third-order valence-electron chi connectivity index (χ3n) is 3.81. The van der Waals surface area contributed by atoms with Gasteiger partial charge in [0.25, 0.3) is 0 Å². The van der Waals surface area contributed by atoms with Gasteiger partial charge in [-0.3, -0.25) is 0 Å². The lowest BCUT2D eigenvalue weighted by Gasteiger charge is -2.11. The third kappa shape index (κ3) is 4.06. The van der Waals surface area contributed by atoms with Crippen molar-refractivity contribution in [1.29, 1.82) is 0 Å². The molecule has 1 N–H and O–H groups in total. The molecule has 132 valence electrons. The minimum Gasteiger partial charge on any atom is -0.493 e. The van der Waals surface area contributed by atoms with E-state index in [2.05, 4.69) is 15.0 Å². The SMILES string of the molecule is COc1cc(CNCc2cn3cccc(C)c3n2)ccc1OC(F)F. The van der Waals surface area contributed by atoms with Gasteiger partial charge in [-0.05, 0) is 36.2 Å². The molecule has 2 heterocycles. The number of hydrogen-bond donors (Lipinski definition) is 1. The highest BCUT2D eigenvalue weighted by Crippen LogP contribution is 2.29. The first-order valence-electron chi connectivity index (χ1n) is 7.82. The molecule has 0 atom stereocenters. The smallest absolute Gasteiger partial charge is 0.387 e. The van der Waals surface area contributed by atoms with Crippen LogP contribution >= 0.6 is 0 Å². The standard InChI is InChI=1S/C18H19F2N3O2/c1-12-4-3-7-23-11-14(22-17(12)23)10-21-9-13-5-6-15(25-18(19)20)16(8-13)24-2/h3-8,11,18,21H,9-10H2,1-2H3. The quantitative estimate of drug-likeness (QED) is 0.710. The molecule has 0 aliphatic heterocycles. The zero-order valence-electron chi connectivity index (χ0n) is 14.0. The van der Waals surface area contributed by atoms with E-state index in [0.29, 0.717) is 13.1 Å². The van der Waals surface area contributed by atoms with Crippen LogP contribution in [-0.2, 0) is 13.1 Å². The van der Waals surface area contributed by atoms with E-state index in [9.17, 15) is 8.78 Å². The molecule has 3 rings (SSSR count). The highest BCUT2D eigenvalue weighted by atomic mass is 19.3. The van der Waals surface area contributed by atoms with Crippen LogP contribution in [0.3, 0.4) is 0 Å². The fraction of sp³-hybridized carbons (Fsp3) is 0.278. The second-order valence-electron chi connectivity index (χ2n) is 5.62. The summed E-state index contributed by atoms with van der Waals surface area (Å²) < 4.78 is 36.2. The summed E-state index contributed by atoms with van der Waals surface area (Å²) in [6, 6.07) is 8.89. The number of nitrogens with zero attached hydrogens (tertiary/aromatic N) is 2. The van der Waals surface area contributed by atoms with Crippen molar-refractivity contribution in [2.45, 2.75) is 26.6 Å². The lowest BCUT2D eigenvalue weighted by atomic mass is 10.2. The molecule has 5 nitrogen and oxygen atoms in total. The molecule has 0 aliphatic carbocycles. The van der Waals surface area contributed by atoms with Crippen LogP contribution in [0.2, 0.25) is 0 Å². The van der Waals surface area contributed by atoms with E-state index >= 15 is 0 Å². The zero-order chi connectivity index (χ0) is 17.8. The molecule has 3 aromatic rings. The predicted molar refractivity (Wildman–Crippen MR) is 90.1 cm³/mol. The number of hydrogen-bond acceptors (Lipinski definition) is 4. The van der Waals surface area contributed by atoms with Gasteiger partial charge < -0.3 is 19.2 Å². The molecule has 1 aromatic carbocycles. The van der Waals surface area contributed by atoms with E-state index in [0.717, 1.165) is 22.5 Å². The van der Waals surface area contributed by atoms with Gasteiger partial charge in [0.15, 0.2) is 11.5 Å². The Morgan fingerprint density at radius 2 is 2.04 bits per heavy atom. The maximum atomic E-state index is 12.3. The van der Waals surface area contributed by atoms with Crippen molar-refractivity contribution in [2.24, 2.45) is 0 Å². The summed E-state index contributed by atoms with van der Waals surface area (Å²) in [5, 5.41) is 3.29. The van der Waals surface area contributed by atoms with Crippen molar-refractivity contribution >= 4 is 5.65 Å². The topological polar surface area (TPSA) is 47.8 Å². The highest BCUT2D eigenvalue weighted by molar-refractivity contribution is 5.48. The Bertz CT molecular complexity index is 865. The molecule has 7 heteroatoms. The summed E-state index contributed by atoms with van der Waals surface area (Å²) in [6.07, 6.45) is 3.95. The van der Waals surface area contributed by atoms with Crippen molar-refractivity contribution in [1.82, 2.24) is 14.7 Å². The van der Waals surface area contributed by atoms with Gasteiger partial charge in [0.05, 0.1) is 12.8 Å². The van der Waals surface area contributed by atoms with Gasteiger partial charge in [-0.1, -0.05) is 12.1 Å². The van der Waals surface area contributed by atoms with Crippen molar-refractivity contribution in [3.05, 3.63) is 59.5 Å². The lowest BCUT2D eigenvalue weighted by Crippen LogP contribution is -2.13. The molecule has 0 amide bonds. The van der Waals surface area contributed by atoms with Crippen LogP contribution in [0.1, 0.15) is 16.8 Å².